The van der Waals surface area contributed by atoms with Crippen molar-refractivity contribution in [3.63, 3.8) is 0 Å². The van der Waals surface area contributed by atoms with Crippen LogP contribution < -0.4 is 4.90 Å². The molecule has 4 nitrogen and oxygen atoms in total. The number of nitrogens with zero attached hydrogens (tertiary/aromatic N) is 2. The molecule has 0 spiro atoms. The highest BCUT2D eigenvalue weighted by Crippen LogP contribution is 2.29. The maximum Gasteiger partial charge on any atom is 0.300 e. The molecule has 0 saturated heterocycles. The quantitative estimate of drug-likeness (QED) is 0.814. The van der Waals surface area contributed by atoms with Crippen LogP contribution in [0.4, 0.5) is 14.5 Å². The molecule has 3 rings (SSSR count). The van der Waals surface area contributed by atoms with Crippen LogP contribution in [0.15, 0.2) is 42.5 Å². The standard InChI is InChI=1S/C17H14F2N2O2/c1-20(9-11-3-2-4-12(18)7-11)10-21-15-6-5-13(19)8-14(15)16(22)17(21)23/h2-8H,9-10H2,1H3. The zero-order chi connectivity index (χ0) is 16.6. The molecule has 1 aliphatic rings. The first-order valence-electron chi connectivity index (χ1n) is 7.04. The molecule has 2 aromatic rings. The molecule has 23 heavy (non-hydrogen) atoms. The highest BCUT2D eigenvalue weighted by Gasteiger charge is 2.36. The molecule has 0 bridgehead atoms. The van der Waals surface area contributed by atoms with Crippen molar-refractivity contribution >= 4 is 17.4 Å². The van der Waals surface area contributed by atoms with E-state index in [2.05, 4.69) is 0 Å². The van der Waals surface area contributed by atoms with Crippen molar-refractivity contribution in [2.24, 2.45) is 0 Å². The van der Waals surface area contributed by atoms with Crippen LogP contribution in [0.25, 0.3) is 0 Å². The van der Waals surface area contributed by atoms with Gasteiger partial charge < -0.3 is 0 Å². The average molecular weight is 316 g/mol. The number of carbonyl (C=O) groups is 2. The zero-order valence-corrected chi connectivity index (χ0v) is 12.4. The number of anilines is 1. The first-order valence-corrected chi connectivity index (χ1v) is 7.04. The summed E-state index contributed by atoms with van der Waals surface area (Å²) in [5.41, 5.74) is 1.23. The molecule has 1 heterocycles. The largest absolute Gasteiger partial charge is 0.300 e. The summed E-state index contributed by atoms with van der Waals surface area (Å²) in [5.74, 6) is -2.28. The molecule has 1 amide bonds. The van der Waals surface area contributed by atoms with E-state index in [4.69, 9.17) is 0 Å². The van der Waals surface area contributed by atoms with Crippen molar-refractivity contribution in [2.75, 3.05) is 18.6 Å². The van der Waals surface area contributed by atoms with Crippen LogP contribution in [0.2, 0.25) is 0 Å². The second kappa shape index (κ2) is 5.89. The number of hydrogen-bond donors (Lipinski definition) is 0. The molecule has 0 unspecified atom stereocenters. The van der Waals surface area contributed by atoms with Gasteiger partial charge in [-0.3, -0.25) is 19.4 Å². The summed E-state index contributed by atoms with van der Waals surface area (Å²) in [4.78, 5) is 27.1. The number of rotatable bonds is 4. The molecule has 0 aromatic heterocycles. The van der Waals surface area contributed by atoms with Gasteiger partial charge in [0, 0.05) is 6.54 Å². The molecular weight excluding hydrogens is 302 g/mol. The Balaban J connectivity index is 1.78. The molecule has 2 aromatic carbocycles. The minimum Gasteiger partial charge on any atom is -0.291 e. The number of carbonyl (C=O) groups excluding carboxylic acids is 2. The van der Waals surface area contributed by atoms with E-state index in [0.717, 1.165) is 11.6 Å². The Kier molecular flexibility index (Phi) is 3.92. The number of ketones is 1. The highest BCUT2D eigenvalue weighted by molar-refractivity contribution is 6.52. The van der Waals surface area contributed by atoms with Crippen molar-refractivity contribution in [2.45, 2.75) is 6.54 Å². The van der Waals surface area contributed by atoms with Crippen molar-refractivity contribution in [3.8, 4) is 0 Å². The van der Waals surface area contributed by atoms with Crippen LogP contribution in [0, 0.1) is 11.6 Å². The Morgan fingerprint density at radius 1 is 1.04 bits per heavy atom. The maximum absolute atomic E-state index is 13.2. The zero-order valence-electron chi connectivity index (χ0n) is 12.4. The predicted molar refractivity (Wildman–Crippen MR) is 81.0 cm³/mol. The molecule has 0 N–H and O–H groups in total. The maximum atomic E-state index is 13.2. The number of fused-ring (bicyclic) bond motifs is 1. The Morgan fingerprint density at radius 3 is 2.52 bits per heavy atom. The SMILES string of the molecule is CN(Cc1cccc(F)c1)CN1C(=O)C(=O)c2cc(F)ccc21. The second-order valence-electron chi connectivity index (χ2n) is 5.51. The van der Waals surface area contributed by atoms with Gasteiger partial charge in [-0.2, -0.15) is 0 Å². The van der Waals surface area contributed by atoms with Gasteiger partial charge in [0.2, 0.25) is 0 Å². The van der Waals surface area contributed by atoms with E-state index in [1.54, 1.807) is 24.1 Å². The number of hydrogen-bond acceptors (Lipinski definition) is 3. The van der Waals surface area contributed by atoms with E-state index >= 15 is 0 Å². The molecule has 6 heteroatoms. The summed E-state index contributed by atoms with van der Waals surface area (Å²) in [6.07, 6.45) is 0. The third-order valence-corrected chi connectivity index (χ3v) is 3.66. The van der Waals surface area contributed by atoms with Crippen LogP contribution in [-0.2, 0) is 11.3 Å². The second-order valence-corrected chi connectivity index (χ2v) is 5.51. The van der Waals surface area contributed by atoms with Gasteiger partial charge in [0.1, 0.15) is 11.6 Å². The van der Waals surface area contributed by atoms with E-state index in [1.807, 2.05) is 0 Å². The van der Waals surface area contributed by atoms with Crippen molar-refractivity contribution in [1.82, 2.24) is 4.90 Å². The summed E-state index contributed by atoms with van der Waals surface area (Å²) in [6.45, 7) is 0.561. The van der Waals surface area contributed by atoms with Crippen LogP contribution in [0.3, 0.4) is 0 Å². The van der Waals surface area contributed by atoms with Crippen LogP contribution in [0.5, 0.6) is 0 Å². The topological polar surface area (TPSA) is 40.6 Å². The monoisotopic (exact) mass is 316 g/mol. The molecule has 1 aliphatic heterocycles. The molecule has 0 atom stereocenters. The van der Waals surface area contributed by atoms with E-state index < -0.39 is 17.5 Å². The summed E-state index contributed by atoms with van der Waals surface area (Å²) in [7, 11) is 1.75. The summed E-state index contributed by atoms with van der Waals surface area (Å²) in [5, 5.41) is 0. The first kappa shape index (κ1) is 15.3. The molecule has 0 aliphatic carbocycles. The minimum absolute atomic E-state index is 0.0779. The number of amides is 1. The Bertz CT molecular complexity index is 792. The van der Waals surface area contributed by atoms with Crippen molar-refractivity contribution in [3.05, 3.63) is 65.2 Å². The lowest BCUT2D eigenvalue weighted by molar-refractivity contribution is -0.114. The van der Waals surface area contributed by atoms with Crippen molar-refractivity contribution < 1.29 is 18.4 Å². The molecular formula is C17H14F2N2O2. The first-order chi connectivity index (χ1) is 11.0. The van der Waals surface area contributed by atoms with Gasteiger partial charge in [0.15, 0.2) is 0 Å². The lowest BCUT2D eigenvalue weighted by Crippen LogP contribution is -2.38. The molecule has 0 fully saturated rings. The van der Waals surface area contributed by atoms with Gasteiger partial charge in [-0.25, -0.2) is 8.78 Å². The molecule has 0 saturated carbocycles. The summed E-state index contributed by atoms with van der Waals surface area (Å²) >= 11 is 0. The Labute approximate surface area is 131 Å². The highest BCUT2D eigenvalue weighted by atomic mass is 19.1. The van der Waals surface area contributed by atoms with Crippen LogP contribution >= 0.6 is 0 Å². The van der Waals surface area contributed by atoms with E-state index in [1.165, 1.54) is 29.2 Å². The number of halogens is 2. The summed E-state index contributed by atoms with van der Waals surface area (Å²) in [6, 6.07) is 9.87. The van der Waals surface area contributed by atoms with Gasteiger partial charge in [-0.05, 0) is 42.9 Å². The van der Waals surface area contributed by atoms with Gasteiger partial charge in [-0.15, -0.1) is 0 Å². The smallest absolute Gasteiger partial charge is 0.291 e. The molecule has 118 valence electrons. The Morgan fingerprint density at radius 2 is 1.78 bits per heavy atom. The van der Waals surface area contributed by atoms with E-state index in [0.29, 0.717) is 12.2 Å². The van der Waals surface area contributed by atoms with Crippen LogP contribution in [0.1, 0.15) is 15.9 Å². The normalized spacial score (nSPS) is 13.8. The number of Topliss-reactive ketones (excluding diaryl/α,β-unsaturated/α-hetero) is 1. The average Bonchev–Trinajstić information content (AvgIpc) is 2.72. The van der Waals surface area contributed by atoms with E-state index in [-0.39, 0.29) is 18.0 Å². The molecule has 0 radical (unpaired) electrons. The fourth-order valence-corrected chi connectivity index (χ4v) is 2.65. The van der Waals surface area contributed by atoms with E-state index in [9.17, 15) is 18.4 Å². The lowest BCUT2D eigenvalue weighted by Gasteiger charge is -2.24. The fourth-order valence-electron chi connectivity index (χ4n) is 2.65. The third-order valence-electron chi connectivity index (χ3n) is 3.66. The predicted octanol–water partition coefficient (Wildman–Crippen LogP) is 2.58. The summed E-state index contributed by atoms with van der Waals surface area (Å²) < 4.78 is 26.5. The van der Waals surface area contributed by atoms with Crippen LogP contribution in [-0.4, -0.2) is 30.3 Å². The van der Waals surface area contributed by atoms with Gasteiger partial charge in [0.05, 0.1) is 17.9 Å². The van der Waals surface area contributed by atoms with Gasteiger partial charge in [0.25, 0.3) is 5.78 Å². The fraction of sp³-hybridized carbons (Fsp3) is 0.176. The van der Waals surface area contributed by atoms with Crippen molar-refractivity contribution in [1.29, 1.82) is 0 Å². The third kappa shape index (κ3) is 2.98. The van der Waals surface area contributed by atoms with Gasteiger partial charge in [-0.1, -0.05) is 12.1 Å². The number of benzene rings is 2. The minimum atomic E-state index is -0.710. The lowest BCUT2D eigenvalue weighted by atomic mass is 10.1. The Hall–Kier alpha value is -2.60. The van der Waals surface area contributed by atoms with Gasteiger partial charge >= 0.3 is 5.91 Å².